The highest BCUT2D eigenvalue weighted by Crippen LogP contribution is 2.49. The van der Waals surface area contributed by atoms with E-state index in [0.717, 1.165) is 11.3 Å². The quantitative estimate of drug-likeness (QED) is 0.776. The van der Waals surface area contributed by atoms with E-state index >= 15 is 0 Å². The van der Waals surface area contributed by atoms with Crippen LogP contribution in [0.1, 0.15) is 0 Å². The summed E-state index contributed by atoms with van der Waals surface area (Å²) in [7, 11) is -3.46. The van der Waals surface area contributed by atoms with Crippen molar-refractivity contribution in [3.05, 3.63) is 27.6 Å². The highest BCUT2D eigenvalue weighted by atomic mass is 35.5. The third-order valence-electron chi connectivity index (χ3n) is 3.32. The van der Waals surface area contributed by atoms with E-state index in [1.807, 2.05) is 0 Å². The van der Waals surface area contributed by atoms with Crippen LogP contribution >= 0.6 is 34.5 Å². The summed E-state index contributed by atoms with van der Waals surface area (Å²) in [5, 5.41) is 3.25. The molecule has 128 valence electrons. The van der Waals surface area contributed by atoms with Crippen LogP contribution in [0.4, 0.5) is 5.69 Å². The Kier molecular flexibility index (Phi) is 4.65. The lowest BCUT2D eigenvalue weighted by Gasteiger charge is -2.19. The van der Waals surface area contributed by atoms with Crippen LogP contribution in [0, 0.1) is 0 Å². The van der Waals surface area contributed by atoms with E-state index in [1.165, 1.54) is 7.05 Å². The number of benzene rings is 1. The average molecular weight is 424 g/mol. The summed E-state index contributed by atoms with van der Waals surface area (Å²) in [5.74, 6) is 0.0978. The van der Waals surface area contributed by atoms with E-state index in [4.69, 9.17) is 23.2 Å². The van der Waals surface area contributed by atoms with Gasteiger partial charge in [-0.15, -0.1) is 11.3 Å². The second-order valence-electron chi connectivity index (χ2n) is 4.81. The van der Waals surface area contributed by atoms with E-state index in [1.54, 1.807) is 24.5 Å². The molecule has 1 aliphatic rings. The lowest BCUT2D eigenvalue weighted by atomic mass is 10.1. The molecule has 1 atom stereocenters. The van der Waals surface area contributed by atoms with Crippen LogP contribution in [0.5, 0.6) is 0 Å². The summed E-state index contributed by atoms with van der Waals surface area (Å²) in [6.45, 7) is 0. The number of nitrogens with zero attached hydrogens (tertiary/aromatic N) is 1. The number of anilines is 1. The van der Waals surface area contributed by atoms with Gasteiger partial charge in [0, 0.05) is 45.1 Å². The number of thiophene rings is 1. The molecule has 1 aliphatic heterocycles. The topological polar surface area (TPSA) is 87.6 Å². The van der Waals surface area contributed by atoms with Gasteiger partial charge in [0.2, 0.25) is 5.96 Å². The van der Waals surface area contributed by atoms with Crippen LogP contribution in [0.2, 0.25) is 9.36 Å². The lowest BCUT2D eigenvalue weighted by molar-refractivity contribution is 0.594. The van der Waals surface area contributed by atoms with E-state index in [2.05, 4.69) is 15.0 Å². The maximum absolute atomic E-state index is 12.3. The number of halogens is 2. The Morgan fingerprint density at radius 3 is 2.58 bits per heavy atom. The molecule has 0 saturated carbocycles. The van der Waals surface area contributed by atoms with Gasteiger partial charge in [-0.2, -0.15) is 0 Å². The van der Waals surface area contributed by atoms with Crippen molar-refractivity contribution >= 4 is 67.0 Å². The van der Waals surface area contributed by atoms with Gasteiger partial charge in [-0.05, 0) is 12.1 Å². The molecular formula is C13H11Cl2N3O3S3. The van der Waals surface area contributed by atoms with Crippen molar-refractivity contribution in [1.82, 2.24) is 4.72 Å². The fraction of sp³-hybridized carbons (Fsp3) is 0.154. The second kappa shape index (κ2) is 6.30. The fourth-order valence-electron chi connectivity index (χ4n) is 2.22. The molecule has 0 bridgehead atoms. The van der Waals surface area contributed by atoms with E-state index in [0.29, 0.717) is 26.7 Å². The number of rotatable bonds is 2. The Morgan fingerprint density at radius 2 is 2.00 bits per heavy atom. The van der Waals surface area contributed by atoms with Crippen molar-refractivity contribution < 1.29 is 12.6 Å². The molecule has 0 saturated heterocycles. The number of hydrogen-bond donors (Lipinski definition) is 2. The van der Waals surface area contributed by atoms with Crippen LogP contribution < -0.4 is 10.0 Å². The predicted octanol–water partition coefficient (Wildman–Crippen LogP) is 3.15. The lowest BCUT2D eigenvalue weighted by Crippen LogP contribution is -2.39. The van der Waals surface area contributed by atoms with Crippen LogP contribution in [-0.2, 0) is 20.8 Å². The van der Waals surface area contributed by atoms with Gasteiger partial charge in [0.05, 0.1) is 5.69 Å². The van der Waals surface area contributed by atoms with Crippen molar-refractivity contribution in [3.63, 3.8) is 0 Å². The van der Waals surface area contributed by atoms with Crippen LogP contribution in [0.15, 0.2) is 32.3 Å². The van der Waals surface area contributed by atoms with Gasteiger partial charge >= 0.3 is 0 Å². The monoisotopic (exact) mass is 423 g/mol. The van der Waals surface area contributed by atoms with Crippen LogP contribution in [0.25, 0.3) is 11.1 Å². The third-order valence-corrected chi connectivity index (χ3v) is 7.80. The molecule has 1 aromatic carbocycles. The number of aliphatic imine (C=N–C) groups is 1. The molecule has 2 N–H and O–H groups in total. The molecular weight excluding hydrogens is 413 g/mol. The molecule has 2 aromatic rings. The summed E-state index contributed by atoms with van der Waals surface area (Å²) in [5.41, 5.74) is 1.35. The normalized spacial score (nSPS) is 18.6. The van der Waals surface area contributed by atoms with Gasteiger partial charge in [0.1, 0.15) is 4.34 Å². The summed E-state index contributed by atoms with van der Waals surface area (Å²) in [6, 6.07) is 4.92. The molecule has 0 fully saturated rings. The predicted molar refractivity (Wildman–Crippen MR) is 99.4 cm³/mol. The van der Waals surface area contributed by atoms with Crippen molar-refractivity contribution in [2.75, 3.05) is 18.6 Å². The van der Waals surface area contributed by atoms with Gasteiger partial charge in [0.25, 0.3) is 10.0 Å². The molecule has 1 aromatic heterocycles. The summed E-state index contributed by atoms with van der Waals surface area (Å²) in [6.07, 6.45) is 1.55. The number of sulfonamides is 1. The Hall–Kier alpha value is -1.13. The maximum Gasteiger partial charge on any atom is 0.275 e. The van der Waals surface area contributed by atoms with E-state index < -0.39 is 20.8 Å². The van der Waals surface area contributed by atoms with Gasteiger partial charge < -0.3 is 5.32 Å². The molecule has 11 heteroatoms. The molecule has 24 heavy (non-hydrogen) atoms. The number of hydrogen-bond acceptors (Lipinski definition) is 5. The highest BCUT2D eigenvalue weighted by molar-refractivity contribution is 7.92. The zero-order valence-corrected chi connectivity index (χ0v) is 16.3. The Labute approximate surface area is 155 Å². The van der Waals surface area contributed by atoms with Crippen molar-refractivity contribution in [3.8, 4) is 11.1 Å². The first kappa shape index (κ1) is 17.7. The molecule has 0 aliphatic carbocycles. The number of nitrogens with one attached hydrogen (secondary N) is 2. The average Bonchev–Trinajstić information content (AvgIpc) is 2.84. The first-order valence-electron chi connectivity index (χ1n) is 6.47. The van der Waals surface area contributed by atoms with Crippen molar-refractivity contribution in [1.29, 1.82) is 0 Å². The molecule has 3 rings (SSSR count). The first-order valence-corrected chi connectivity index (χ1v) is 11.1. The highest BCUT2D eigenvalue weighted by Gasteiger charge is 2.33. The summed E-state index contributed by atoms with van der Waals surface area (Å²) in [4.78, 5) is 4.42. The molecule has 2 heterocycles. The minimum atomic E-state index is -3.75. The molecule has 0 spiro atoms. The Morgan fingerprint density at radius 1 is 1.29 bits per heavy atom. The third kappa shape index (κ3) is 2.95. The number of fused-ring (bicyclic) bond motifs is 1. The largest absolute Gasteiger partial charge is 0.323 e. The molecule has 0 amide bonds. The Bertz CT molecular complexity index is 999. The summed E-state index contributed by atoms with van der Waals surface area (Å²) < 4.78 is 38.9. The SMILES string of the molecule is CN=C1Nc2c(sc(Cl)c2-c2ccc(S(C)=O)cc2Cl)S(=O)(=O)N1. The smallest absolute Gasteiger partial charge is 0.275 e. The van der Waals surface area contributed by atoms with Crippen LogP contribution in [-0.4, -0.2) is 31.9 Å². The first-order chi connectivity index (χ1) is 11.2. The standard InChI is InChI=1S/C13H11Cl2N3O3S3/c1-16-13-17-10-9(11(15)22-12(10)24(20,21)18-13)7-4-3-6(23(2)19)5-8(7)14/h3-5H,1-2H3,(H2,16,17,18). The van der Waals surface area contributed by atoms with Gasteiger partial charge in [-0.25, -0.2) is 13.1 Å². The molecule has 1 unspecified atom stereocenters. The molecule has 6 nitrogen and oxygen atoms in total. The molecule has 0 radical (unpaired) electrons. The van der Waals surface area contributed by atoms with Gasteiger partial charge in [-0.3, -0.25) is 9.20 Å². The van der Waals surface area contributed by atoms with E-state index in [-0.39, 0.29) is 14.5 Å². The minimum absolute atomic E-state index is 0.0640. The van der Waals surface area contributed by atoms with Crippen molar-refractivity contribution in [2.24, 2.45) is 4.99 Å². The zero-order valence-electron chi connectivity index (χ0n) is 12.4. The van der Waals surface area contributed by atoms with E-state index in [9.17, 15) is 12.6 Å². The Balaban J connectivity index is 2.25. The number of guanidine groups is 1. The zero-order chi connectivity index (χ0) is 17.6. The summed E-state index contributed by atoms with van der Waals surface area (Å²) >= 11 is 13.5. The fourth-order valence-corrected chi connectivity index (χ4v) is 6.13. The van der Waals surface area contributed by atoms with Crippen LogP contribution in [0.3, 0.4) is 0 Å². The second-order valence-corrected chi connectivity index (χ2v) is 10.1. The minimum Gasteiger partial charge on any atom is -0.323 e. The maximum atomic E-state index is 12.3. The van der Waals surface area contributed by atoms with Gasteiger partial charge in [0.15, 0.2) is 4.21 Å². The van der Waals surface area contributed by atoms with Crippen molar-refractivity contribution in [2.45, 2.75) is 9.10 Å². The van der Waals surface area contributed by atoms with Gasteiger partial charge in [-0.1, -0.05) is 29.3 Å².